The zero-order valence-electron chi connectivity index (χ0n) is 22.7. The number of hydrogen-bond acceptors (Lipinski definition) is 8. The minimum atomic E-state index is -5.02. The Morgan fingerprint density at radius 2 is 1.68 bits per heavy atom. The molecule has 0 saturated carbocycles. The van der Waals surface area contributed by atoms with E-state index < -0.39 is 37.6 Å². The smallest absolute Gasteiger partial charge is 0.369 e. The molecule has 0 amide bonds. The largest absolute Gasteiger partial charge is 0.418 e. The molecule has 4 aromatic rings. The van der Waals surface area contributed by atoms with E-state index >= 15 is 0 Å². The van der Waals surface area contributed by atoms with Gasteiger partial charge in [-0.25, -0.2) is 13.4 Å². The normalized spacial score (nSPS) is 14.9. The fourth-order valence-corrected chi connectivity index (χ4v) is 5.93. The van der Waals surface area contributed by atoms with Crippen LogP contribution in [0, 0.1) is 0 Å². The molecule has 13 heteroatoms. The van der Waals surface area contributed by atoms with Gasteiger partial charge in [-0.2, -0.15) is 18.2 Å². The van der Waals surface area contributed by atoms with Crippen molar-refractivity contribution in [3.8, 4) is 11.1 Å². The zero-order valence-corrected chi connectivity index (χ0v) is 23.6. The number of nitrogens with one attached hydrogen (secondary N) is 1. The number of fused-ring (bicyclic) bond motifs is 1. The molecule has 0 aliphatic carbocycles. The molecule has 1 aliphatic heterocycles. The number of anilines is 3. The van der Waals surface area contributed by atoms with Crippen molar-refractivity contribution in [3.63, 3.8) is 0 Å². The van der Waals surface area contributed by atoms with Gasteiger partial charge in [0.2, 0.25) is 5.95 Å². The summed E-state index contributed by atoms with van der Waals surface area (Å²) in [6.45, 7) is 5.66. The minimum Gasteiger partial charge on any atom is -0.369 e. The van der Waals surface area contributed by atoms with Crippen molar-refractivity contribution in [2.24, 2.45) is 0 Å². The van der Waals surface area contributed by atoms with Gasteiger partial charge in [-0.1, -0.05) is 12.1 Å². The Hall–Kier alpha value is -3.97. The Morgan fingerprint density at radius 1 is 1.00 bits per heavy atom. The first-order valence-electron chi connectivity index (χ1n) is 13.0. The van der Waals surface area contributed by atoms with Crippen molar-refractivity contribution in [3.05, 3.63) is 70.6 Å². The molecule has 1 saturated heterocycles. The maximum atomic E-state index is 14.1. The standard InChI is InChI=1S/C28H29F3N6O3S/c1-4-37-25-18(16-22(26(37)38)21-6-5-7-23(41(3,39)40)24(21)28(29,30)31)17-32-27(34-25)33-19-8-10-20(11-9-19)36-14-12-35(2)13-15-36/h5-11,16-17H,4,12-15H2,1-3H3,(H,32,33,34). The fourth-order valence-electron chi connectivity index (χ4n) is 5.01. The third-order valence-electron chi connectivity index (χ3n) is 7.13. The SMILES string of the molecule is CCn1c(=O)c(-c2cccc(S(C)(=O)=O)c2C(F)(F)F)cc2cnc(Nc3ccc(N4CCN(C)CC4)cc3)nc21. The summed E-state index contributed by atoms with van der Waals surface area (Å²) in [5.41, 5.74) is -0.831. The lowest BCUT2D eigenvalue weighted by atomic mass is 9.99. The number of nitrogens with zero attached hydrogens (tertiary/aromatic N) is 5. The molecule has 0 radical (unpaired) electrons. The van der Waals surface area contributed by atoms with Crippen molar-refractivity contribution in [2.75, 3.05) is 49.7 Å². The Balaban J connectivity index is 1.52. The molecule has 2 aromatic carbocycles. The third-order valence-corrected chi connectivity index (χ3v) is 8.27. The van der Waals surface area contributed by atoms with Crippen LogP contribution in [0.15, 0.2) is 64.4 Å². The third kappa shape index (κ3) is 5.77. The average molecular weight is 587 g/mol. The van der Waals surface area contributed by atoms with Gasteiger partial charge < -0.3 is 15.1 Å². The monoisotopic (exact) mass is 586 g/mol. The van der Waals surface area contributed by atoms with Gasteiger partial charge in [-0.15, -0.1) is 0 Å². The lowest BCUT2D eigenvalue weighted by Crippen LogP contribution is -2.44. The highest BCUT2D eigenvalue weighted by Crippen LogP contribution is 2.40. The summed E-state index contributed by atoms with van der Waals surface area (Å²) < 4.78 is 68.1. The number of aromatic nitrogens is 3. The van der Waals surface area contributed by atoms with Crippen molar-refractivity contribution >= 4 is 38.2 Å². The van der Waals surface area contributed by atoms with E-state index in [1.807, 2.05) is 24.3 Å². The van der Waals surface area contributed by atoms with Crippen LogP contribution < -0.4 is 15.8 Å². The van der Waals surface area contributed by atoms with Gasteiger partial charge in [-0.05, 0) is 50.4 Å². The molecule has 0 spiro atoms. The molecule has 3 heterocycles. The highest BCUT2D eigenvalue weighted by atomic mass is 32.2. The van der Waals surface area contributed by atoms with Gasteiger partial charge in [0.1, 0.15) is 5.65 Å². The summed E-state index contributed by atoms with van der Waals surface area (Å²) in [5, 5.41) is 3.45. The van der Waals surface area contributed by atoms with E-state index in [-0.39, 0.29) is 23.7 Å². The first kappa shape index (κ1) is 28.6. The van der Waals surface area contributed by atoms with E-state index in [2.05, 4.69) is 32.1 Å². The van der Waals surface area contributed by atoms with Crippen LogP contribution in [0.5, 0.6) is 0 Å². The van der Waals surface area contributed by atoms with Crippen molar-refractivity contribution in [1.82, 2.24) is 19.4 Å². The van der Waals surface area contributed by atoms with Crippen LogP contribution in [0.1, 0.15) is 12.5 Å². The number of piperazine rings is 1. The molecule has 0 bridgehead atoms. The Kier molecular flexibility index (Phi) is 7.51. The quantitative estimate of drug-likeness (QED) is 0.355. The summed E-state index contributed by atoms with van der Waals surface area (Å²) in [5.74, 6) is 0.217. The number of alkyl halides is 3. The van der Waals surface area contributed by atoms with Crippen LogP contribution >= 0.6 is 0 Å². The number of pyridine rings is 1. The molecule has 5 rings (SSSR count). The molecule has 216 valence electrons. The molecule has 41 heavy (non-hydrogen) atoms. The maximum Gasteiger partial charge on any atom is 0.418 e. The first-order valence-corrected chi connectivity index (χ1v) is 14.9. The van der Waals surface area contributed by atoms with Crippen LogP contribution in [0.4, 0.5) is 30.5 Å². The molecule has 9 nitrogen and oxygen atoms in total. The summed E-state index contributed by atoms with van der Waals surface area (Å²) in [6, 6.07) is 12.3. The van der Waals surface area contributed by atoms with Gasteiger partial charge in [-0.3, -0.25) is 9.36 Å². The average Bonchev–Trinajstić information content (AvgIpc) is 2.92. The van der Waals surface area contributed by atoms with E-state index in [0.717, 1.165) is 49.7 Å². The number of halogens is 3. The molecule has 0 unspecified atom stereocenters. The Morgan fingerprint density at radius 3 is 2.29 bits per heavy atom. The summed E-state index contributed by atoms with van der Waals surface area (Å²) in [7, 11) is -2.13. The van der Waals surface area contributed by atoms with Crippen LogP contribution in [-0.2, 0) is 22.6 Å². The van der Waals surface area contributed by atoms with E-state index in [9.17, 15) is 26.4 Å². The second-order valence-corrected chi connectivity index (χ2v) is 12.0. The van der Waals surface area contributed by atoms with E-state index in [1.54, 1.807) is 6.92 Å². The number of sulfone groups is 1. The lowest BCUT2D eigenvalue weighted by Gasteiger charge is -2.34. The molecule has 1 N–H and O–H groups in total. The number of likely N-dealkylation sites (N-methyl/N-ethyl adjacent to an activating group) is 1. The summed E-state index contributed by atoms with van der Waals surface area (Å²) in [4.78, 5) is 26.0. The van der Waals surface area contributed by atoms with E-state index in [0.29, 0.717) is 11.6 Å². The number of benzene rings is 2. The van der Waals surface area contributed by atoms with Gasteiger partial charge in [0.25, 0.3) is 5.56 Å². The molecule has 1 aliphatic rings. The topological polar surface area (TPSA) is 100 Å². The van der Waals surface area contributed by atoms with Gasteiger partial charge >= 0.3 is 6.18 Å². The fraction of sp³-hybridized carbons (Fsp3) is 0.321. The van der Waals surface area contributed by atoms with Crippen molar-refractivity contribution in [2.45, 2.75) is 24.5 Å². The predicted molar refractivity (Wildman–Crippen MR) is 152 cm³/mol. The molecular weight excluding hydrogens is 557 g/mol. The second-order valence-electron chi connectivity index (χ2n) is 9.99. The predicted octanol–water partition coefficient (Wildman–Crippen LogP) is 4.40. The highest BCUT2D eigenvalue weighted by molar-refractivity contribution is 7.90. The second kappa shape index (κ2) is 10.8. The molecular formula is C28H29F3N6O3S. The van der Waals surface area contributed by atoms with Crippen LogP contribution in [0.25, 0.3) is 22.2 Å². The van der Waals surface area contributed by atoms with E-state index in [4.69, 9.17) is 0 Å². The van der Waals surface area contributed by atoms with Gasteiger partial charge in [0, 0.05) is 73.1 Å². The van der Waals surface area contributed by atoms with Crippen LogP contribution in [0.2, 0.25) is 0 Å². The summed E-state index contributed by atoms with van der Waals surface area (Å²) >= 11 is 0. The zero-order chi connectivity index (χ0) is 29.5. The van der Waals surface area contributed by atoms with Crippen LogP contribution in [0.3, 0.4) is 0 Å². The molecule has 2 aromatic heterocycles. The maximum absolute atomic E-state index is 14.1. The molecule has 0 atom stereocenters. The lowest BCUT2D eigenvalue weighted by molar-refractivity contribution is -0.139. The van der Waals surface area contributed by atoms with E-state index in [1.165, 1.54) is 22.9 Å². The van der Waals surface area contributed by atoms with Gasteiger partial charge in [0.05, 0.1) is 10.5 Å². The number of hydrogen-bond donors (Lipinski definition) is 1. The first-order chi connectivity index (χ1) is 19.4. The Bertz CT molecular complexity index is 1760. The minimum absolute atomic E-state index is 0.118. The number of aryl methyl sites for hydroxylation is 1. The summed E-state index contributed by atoms with van der Waals surface area (Å²) in [6.07, 6.45) is -2.89. The Labute approximate surface area is 235 Å². The number of rotatable bonds is 6. The molecule has 1 fully saturated rings. The highest BCUT2D eigenvalue weighted by Gasteiger charge is 2.39. The van der Waals surface area contributed by atoms with Gasteiger partial charge in [0.15, 0.2) is 9.84 Å². The van der Waals surface area contributed by atoms with Crippen LogP contribution in [-0.4, -0.2) is 67.3 Å². The van der Waals surface area contributed by atoms with Crippen molar-refractivity contribution < 1.29 is 21.6 Å². The van der Waals surface area contributed by atoms with Crippen molar-refractivity contribution in [1.29, 1.82) is 0 Å².